The van der Waals surface area contributed by atoms with E-state index in [1.165, 1.54) is 18.4 Å². The first-order valence-corrected chi connectivity index (χ1v) is 7.21. The first-order chi connectivity index (χ1) is 9.08. The highest BCUT2D eigenvalue weighted by Gasteiger charge is 2.08. The summed E-state index contributed by atoms with van der Waals surface area (Å²) in [5.74, 6) is 0.643. The zero-order valence-corrected chi connectivity index (χ0v) is 12.5. The molecule has 19 heavy (non-hydrogen) atoms. The molecule has 0 heterocycles. The van der Waals surface area contributed by atoms with Crippen molar-refractivity contribution in [2.24, 2.45) is 5.92 Å². The monoisotopic (exact) mass is 262 g/mol. The molecule has 1 rings (SSSR count). The maximum absolute atomic E-state index is 11.8. The van der Waals surface area contributed by atoms with Gasteiger partial charge in [0.05, 0.1) is 0 Å². The molecule has 0 radical (unpaired) electrons. The summed E-state index contributed by atoms with van der Waals surface area (Å²) in [6, 6.07) is 5.82. The van der Waals surface area contributed by atoms with Crippen molar-refractivity contribution < 1.29 is 4.79 Å². The molecule has 0 aliphatic rings. The number of amides is 1. The standard InChI is InChI=1S/C16H26N2O/c1-5-7-12(3)11-18-15-10-14(9-8-13(15)4)16(19)17-6-2/h8-10,12,18H,5-7,11H2,1-4H3,(H,17,19). The predicted octanol–water partition coefficient (Wildman–Crippen LogP) is 3.59. The van der Waals surface area contributed by atoms with Crippen LogP contribution in [0.25, 0.3) is 0 Å². The fourth-order valence-corrected chi connectivity index (χ4v) is 2.10. The van der Waals surface area contributed by atoms with Gasteiger partial charge in [-0.15, -0.1) is 0 Å². The molecule has 0 aromatic heterocycles. The van der Waals surface area contributed by atoms with Gasteiger partial charge in [-0.1, -0.05) is 26.3 Å². The average Bonchev–Trinajstić information content (AvgIpc) is 2.38. The lowest BCUT2D eigenvalue weighted by Crippen LogP contribution is -2.23. The predicted molar refractivity (Wildman–Crippen MR) is 81.7 cm³/mol. The van der Waals surface area contributed by atoms with E-state index in [0.717, 1.165) is 17.8 Å². The SMILES string of the molecule is CCCC(C)CNc1cc(C(=O)NCC)ccc1C. The van der Waals surface area contributed by atoms with Gasteiger partial charge in [0.1, 0.15) is 0 Å². The van der Waals surface area contributed by atoms with E-state index < -0.39 is 0 Å². The second-order valence-electron chi connectivity index (χ2n) is 5.16. The average molecular weight is 262 g/mol. The highest BCUT2D eigenvalue weighted by atomic mass is 16.1. The van der Waals surface area contributed by atoms with Crippen molar-refractivity contribution in [3.05, 3.63) is 29.3 Å². The van der Waals surface area contributed by atoms with Crippen molar-refractivity contribution in [3.63, 3.8) is 0 Å². The quantitative estimate of drug-likeness (QED) is 0.788. The van der Waals surface area contributed by atoms with Gasteiger partial charge in [0.25, 0.3) is 5.91 Å². The van der Waals surface area contributed by atoms with Gasteiger partial charge in [-0.25, -0.2) is 0 Å². The third-order valence-electron chi connectivity index (χ3n) is 3.26. The molecule has 106 valence electrons. The Morgan fingerprint density at radius 1 is 1.32 bits per heavy atom. The summed E-state index contributed by atoms with van der Waals surface area (Å²) in [4.78, 5) is 11.8. The molecule has 1 amide bonds. The number of benzene rings is 1. The molecule has 0 aliphatic heterocycles. The molecule has 0 fully saturated rings. The third kappa shape index (κ3) is 4.93. The minimum atomic E-state index is -0.00726. The van der Waals surface area contributed by atoms with Crippen LogP contribution in [0, 0.1) is 12.8 Å². The van der Waals surface area contributed by atoms with Crippen LogP contribution in [0.3, 0.4) is 0 Å². The molecule has 2 N–H and O–H groups in total. The topological polar surface area (TPSA) is 41.1 Å². The Kier molecular flexibility index (Phi) is 6.40. The maximum Gasteiger partial charge on any atom is 0.251 e. The van der Waals surface area contributed by atoms with Gasteiger partial charge in [-0.2, -0.15) is 0 Å². The summed E-state index contributed by atoms with van der Waals surface area (Å²) in [5.41, 5.74) is 2.96. The Labute approximate surface area is 116 Å². The van der Waals surface area contributed by atoms with Crippen LogP contribution in [0.15, 0.2) is 18.2 Å². The highest BCUT2D eigenvalue weighted by molar-refractivity contribution is 5.95. The first kappa shape index (κ1) is 15.5. The molecule has 1 unspecified atom stereocenters. The fourth-order valence-electron chi connectivity index (χ4n) is 2.10. The van der Waals surface area contributed by atoms with Gasteiger partial charge in [-0.05, 0) is 43.9 Å². The van der Waals surface area contributed by atoms with E-state index in [1.54, 1.807) is 0 Å². The lowest BCUT2D eigenvalue weighted by atomic mass is 10.1. The largest absolute Gasteiger partial charge is 0.385 e. The van der Waals surface area contributed by atoms with Crippen LogP contribution in [0.1, 0.15) is 49.5 Å². The highest BCUT2D eigenvalue weighted by Crippen LogP contribution is 2.18. The summed E-state index contributed by atoms with van der Waals surface area (Å²) in [5, 5.41) is 6.28. The van der Waals surface area contributed by atoms with E-state index >= 15 is 0 Å². The van der Waals surface area contributed by atoms with Crippen LogP contribution < -0.4 is 10.6 Å². The van der Waals surface area contributed by atoms with Crippen molar-refractivity contribution in [1.82, 2.24) is 5.32 Å². The van der Waals surface area contributed by atoms with Crippen LogP contribution in [0.2, 0.25) is 0 Å². The Balaban J connectivity index is 2.71. The number of anilines is 1. The van der Waals surface area contributed by atoms with Gasteiger partial charge < -0.3 is 10.6 Å². The van der Waals surface area contributed by atoms with Crippen molar-refractivity contribution in [2.45, 2.75) is 40.5 Å². The van der Waals surface area contributed by atoms with Crippen LogP contribution >= 0.6 is 0 Å². The lowest BCUT2D eigenvalue weighted by Gasteiger charge is -2.15. The first-order valence-electron chi connectivity index (χ1n) is 7.21. The van der Waals surface area contributed by atoms with Crippen molar-refractivity contribution in [2.75, 3.05) is 18.4 Å². The van der Waals surface area contributed by atoms with Crippen molar-refractivity contribution in [1.29, 1.82) is 0 Å². The van der Waals surface area contributed by atoms with E-state index in [4.69, 9.17) is 0 Å². The van der Waals surface area contributed by atoms with Gasteiger partial charge in [0, 0.05) is 24.3 Å². The molecule has 1 atom stereocenters. The Hall–Kier alpha value is -1.51. The lowest BCUT2D eigenvalue weighted by molar-refractivity contribution is 0.0956. The van der Waals surface area contributed by atoms with Crippen LogP contribution in [-0.4, -0.2) is 19.0 Å². The minimum absolute atomic E-state index is 0.00726. The van der Waals surface area contributed by atoms with Crippen molar-refractivity contribution in [3.8, 4) is 0 Å². The molecule has 0 aliphatic carbocycles. The fraction of sp³-hybridized carbons (Fsp3) is 0.562. The Morgan fingerprint density at radius 2 is 2.05 bits per heavy atom. The maximum atomic E-state index is 11.8. The number of nitrogens with one attached hydrogen (secondary N) is 2. The second kappa shape index (κ2) is 7.82. The number of carbonyl (C=O) groups excluding carboxylic acids is 1. The third-order valence-corrected chi connectivity index (χ3v) is 3.26. The summed E-state index contributed by atoms with van der Waals surface area (Å²) in [6.07, 6.45) is 2.43. The smallest absolute Gasteiger partial charge is 0.251 e. The molecule has 0 spiro atoms. The van der Waals surface area contributed by atoms with Gasteiger partial charge in [-0.3, -0.25) is 4.79 Å². The molecule has 0 saturated carbocycles. The van der Waals surface area contributed by atoms with Crippen LogP contribution in [0.4, 0.5) is 5.69 Å². The summed E-state index contributed by atoms with van der Waals surface area (Å²) in [7, 11) is 0. The van der Waals surface area contributed by atoms with Gasteiger partial charge >= 0.3 is 0 Å². The molecule has 0 saturated heterocycles. The van der Waals surface area contributed by atoms with E-state index in [0.29, 0.717) is 12.5 Å². The van der Waals surface area contributed by atoms with Crippen molar-refractivity contribution >= 4 is 11.6 Å². The zero-order valence-electron chi connectivity index (χ0n) is 12.5. The number of rotatable bonds is 7. The second-order valence-corrected chi connectivity index (χ2v) is 5.16. The Bertz CT molecular complexity index is 415. The van der Waals surface area contributed by atoms with E-state index in [9.17, 15) is 4.79 Å². The van der Waals surface area contributed by atoms with Crippen LogP contribution in [-0.2, 0) is 0 Å². The molecular weight excluding hydrogens is 236 g/mol. The summed E-state index contributed by atoms with van der Waals surface area (Å²) in [6.45, 7) is 10.1. The van der Waals surface area contributed by atoms with E-state index in [-0.39, 0.29) is 5.91 Å². The number of carbonyl (C=O) groups is 1. The van der Waals surface area contributed by atoms with Crippen LogP contribution in [0.5, 0.6) is 0 Å². The minimum Gasteiger partial charge on any atom is -0.385 e. The summed E-state index contributed by atoms with van der Waals surface area (Å²) < 4.78 is 0. The number of hydrogen-bond donors (Lipinski definition) is 2. The molecule has 1 aromatic rings. The normalized spacial score (nSPS) is 12.0. The van der Waals surface area contributed by atoms with E-state index in [1.807, 2.05) is 25.1 Å². The number of hydrogen-bond acceptors (Lipinski definition) is 2. The molecular formula is C16H26N2O. The number of aryl methyl sites for hydroxylation is 1. The molecule has 1 aromatic carbocycles. The van der Waals surface area contributed by atoms with Gasteiger partial charge in [0.2, 0.25) is 0 Å². The molecule has 3 nitrogen and oxygen atoms in total. The zero-order chi connectivity index (χ0) is 14.3. The molecule has 0 bridgehead atoms. The van der Waals surface area contributed by atoms with E-state index in [2.05, 4.69) is 31.4 Å². The van der Waals surface area contributed by atoms with Gasteiger partial charge in [0.15, 0.2) is 0 Å². The Morgan fingerprint density at radius 3 is 2.68 bits per heavy atom. The summed E-state index contributed by atoms with van der Waals surface area (Å²) >= 11 is 0. The molecule has 3 heteroatoms.